The number of nitrogens with zero attached hydrogens (tertiary/aromatic N) is 1. The van der Waals surface area contributed by atoms with Crippen molar-refractivity contribution >= 4 is 29.9 Å². The first kappa shape index (κ1) is 19.0. The zero-order valence-electron chi connectivity index (χ0n) is 12.6. The normalized spacial score (nSPS) is 10.7. The van der Waals surface area contributed by atoms with Crippen LogP contribution in [0.25, 0.3) is 0 Å². The fourth-order valence-electron chi connectivity index (χ4n) is 1.79. The van der Waals surface area contributed by atoms with Crippen LogP contribution < -0.4 is 15.4 Å². The Labute approximate surface area is 139 Å². The van der Waals surface area contributed by atoms with E-state index in [1.165, 1.54) is 5.56 Å². The molecule has 0 aliphatic rings. The number of benzene rings is 1. The van der Waals surface area contributed by atoms with Gasteiger partial charge in [-0.15, -0.1) is 24.0 Å². The molecule has 0 aliphatic heterocycles. The maximum absolute atomic E-state index is 5.61. The highest BCUT2D eigenvalue weighted by Crippen LogP contribution is 2.17. The van der Waals surface area contributed by atoms with E-state index in [1.807, 2.05) is 25.1 Å². The zero-order chi connectivity index (χ0) is 13.9. The molecule has 0 radical (unpaired) electrons. The first-order valence-corrected chi connectivity index (χ1v) is 6.97. The first-order valence-electron chi connectivity index (χ1n) is 6.97. The van der Waals surface area contributed by atoms with E-state index in [1.54, 1.807) is 7.05 Å². The molecule has 0 unspecified atom stereocenters. The molecule has 5 heteroatoms. The van der Waals surface area contributed by atoms with Crippen LogP contribution in [-0.2, 0) is 6.42 Å². The second kappa shape index (κ2) is 11.8. The lowest BCUT2D eigenvalue weighted by Gasteiger charge is -2.13. The predicted molar refractivity (Wildman–Crippen MR) is 96.4 cm³/mol. The summed E-state index contributed by atoms with van der Waals surface area (Å²) in [5, 5.41) is 6.56. The Hall–Kier alpha value is -0.980. The average Bonchev–Trinajstić information content (AvgIpc) is 2.44. The minimum atomic E-state index is 0. The van der Waals surface area contributed by atoms with E-state index in [9.17, 15) is 0 Å². The Kier molecular flexibility index (Phi) is 11.2. The summed E-state index contributed by atoms with van der Waals surface area (Å²) in [5.41, 5.74) is 1.22. The van der Waals surface area contributed by atoms with E-state index in [0.29, 0.717) is 6.61 Å². The summed E-state index contributed by atoms with van der Waals surface area (Å²) in [4.78, 5) is 4.18. The quantitative estimate of drug-likeness (QED) is 0.427. The molecule has 0 aromatic heterocycles. The number of nitrogens with one attached hydrogen (secondary N) is 2. The van der Waals surface area contributed by atoms with Gasteiger partial charge in [0.2, 0.25) is 0 Å². The summed E-state index contributed by atoms with van der Waals surface area (Å²) in [6.45, 7) is 6.62. The molecule has 1 rings (SSSR count). The minimum absolute atomic E-state index is 0. The Morgan fingerprint density at radius 1 is 1.15 bits per heavy atom. The molecular weight excluding hydrogens is 365 g/mol. The Morgan fingerprint density at radius 3 is 2.50 bits per heavy atom. The summed E-state index contributed by atoms with van der Waals surface area (Å²) >= 11 is 0. The van der Waals surface area contributed by atoms with Gasteiger partial charge in [0.15, 0.2) is 5.96 Å². The molecule has 20 heavy (non-hydrogen) atoms. The van der Waals surface area contributed by atoms with Crippen molar-refractivity contribution in [1.82, 2.24) is 10.6 Å². The fourth-order valence-corrected chi connectivity index (χ4v) is 1.79. The number of para-hydroxylation sites is 1. The molecule has 0 atom stereocenters. The molecule has 114 valence electrons. The lowest BCUT2D eigenvalue weighted by atomic mass is 10.1. The van der Waals surface area contributed by atoms with E-state index in [0.717, 1.165) is 37.6 Å². The van der Waals surface area contributed by atoms with Crippen molar-refractivity contribution in [2.75, 3.05) is 26.7 Å². The third-order valence-electron chi connectivity index (χ3n) is 2.73. The van der Waals surface area contributed by atoms with E-state index < -0.39 is 0 Å². The second-order valence-corrected chi connectivity index (χ2v) is 4.22. The molecule has 0 bridgehead atoms. The van der Waals surface area contributed by atoms with E-state index in [4.69, 9.17) is 4.74 Å². The van der Waals surface area contributed by atoms with Gasteiger partial charge in [-0.2, -0.15) is 0 Å². The smallest absolute Gasteiger partial charge is 0.190 e. The van der Waals surface area contributed by atoms with Crippen LogP contribution in [0.1, 0.15) is 25.8 Å². The van der Waals surface area contributed by atoms with Gasteiger partial charge in [-0.25, -0.2) is 0 Å². The Balaban J connectivity index is 0.00000361. The van der Waals surface area contributed by atoms with E-state index >= 15 is 0 Å². The maximum atomic E-state index is 5.61. The van der Waals surface area contributed by atoms with Crippen LogP contribution in [0.4, 0.5) is 0 Å². The van der Waals surface area contributed by atoms with Crippen molar-refractivity contribution < 1.29 is 4.74 Å². The predicted octanol–water partition coefficient (Wildman–Crippen LogP) is 2.82. The van der Waals surface area contributed by atoms with Crippen LogP contribution in [0.5, 0.6) is 5.75 Å². The number of hydrogen-bond acceptors (Lipinski definition) is 2. The molecule has 1 aromatic carbocycles. The highest BCUT2D eigenvalue weighted by atomic mass is 127. The second-order valence-electron chi connectivity index (χ2n) is 4.22. The van der Waals surface area contributed by atoms with Crippen molar-refractivity contribution in [1.29, 1.82) is 0 Å². The van der Waals surface area contributed by atoms with Gasteiger partial charge < -0.3 is 15.4 Å². The summed E-state index contributed by atoms with van der Waals surface area (Å²) in [7, 11) is 1.79. The van der Waals surface area contributed by atoms with Crippen LogP contribution in [0, 0.1) is 0 Å². The highest BCUT2D eigenvalue weighted by molar-refractivity contribution is 14.0. The molecule has 4 nitrogen and oxygen atoms in total. The average molecular weight is 391 g/mol. The first-order chi connectivity index (χ1) is 9.31. The molecule has 0 heterocycles. The minimum Gasteiger partial charge on any atom is -0.494 e. The number of rotatable bonds is 7. The summed E-state index contributed by atoms with van der Waals surface area (Å²) in [6, 6.07) is 8.17. The fraction of sp³-hybridized carbons (Fsp3) is 0.533. The lowest BCUT2D eigenvalue weighted by molar-refractivity contribution is 0.336. The van der Waals surface area contributed by atoms with Crippen LogP contribution in [0.15, 0.2) is 29.3 Å². The summed E-state index contributed by atoms with van der Waals surface area (Å²) < 4.78 is 5.61. The van der Waals surface area contributed by atoms with Gasteiger partial charge in [0.05, 0.1) is 6.61 Å². The van der Waals surface area contributed by atoms with Crippen molar-refractivity contribution in [2.45, 2.75) is 26.7 Å². The SMILES string of the molecule is CCCNC(=NC)NCCc1ccccc1OCC.I. The maximum Gasteiger partial charge on any atom is 0.190 e. The molecule has 0 fully saturated rings. The van der Waals surface area contributed by atoms with Crippen molar-refractivity contribution in [2.24, 2.45) is 4.99 Å². The summed E-state index contributed by atoms with van der Waals surface area (Å²) in [6.07, 6.45) is 2.01. The number of ether oxygens (including phenoxy) is 1. The van der Waals surface area contributed by atoms with Crippen molar-refractivity contribution in [3.05, 3.63) is 29.8 Å². The highest BCUT2D eigenvalue weighted by Gasteiger charge is 2.02. The molecule has 0 saturated heterocycles. The summed E-state index contributed by atoms with van der Waals surface area (Å²) in [5.74, 6) is 1.83. The molecular formula is C15H26IN3O. The molecule has 0 amide bonds. The van der Waals surface area contributed by atoms with E-state index in [-0.39, 0.29) is 24.0 Å². The number of halogens is 1. The third-order valence-corrected chi connectivity index (χ3v) is 2.73. The van der Waals surface area contributed by atoms with Gasteiger partial charge >= 0.3 is 0 Å². The zero-order valence-corrected chi connectivity index (χ0v) is 14.9. The van der Waals surface area contributed by atoms with Gasteiger partial charge in [0.1, 0.15) is 5.75 Å². The Bertz CT molecular complexity index is 396. The molecule has 0 aliphatic carbocycles. The molecule has 0 spiro atoms. The lowest BCUT2D eigenvalue weighted by Crippen LogP contribution is -2.38. The van der Waals surface area contributed by atoms with Gasteiger partial charge in [-0.3, -0.25) is 4.99 Å². The standard InChI is InChI=1S/C15H25N3O.HI/c1-4-11-17-15(16-3)18-12-10-13-8-6-7-9-14(13)19-5-2;/h6-9H,4-5,10-12H2,1-3H3,(H2,16,17,18);1H. The Morgan fingerprint density at radius 2 is 1.85 bits per heavy atom. The van der Waals surface area contributed by atoms with Gasteiger partial charge in [-0.05, 0) is 31.4 Å². The molecule has 1 aromatic rings. The van der Waals surface area contributed by atoms with Crippen molar-refractivity contribution in [3.63, 3.8) is 0 Å². The van der Waals surface area contributed by atoms with Crippen LogP contribution in [0.3, 0.4) is 0 Å². The third kappa shape index (κ3) is 6.98. The topological polar surface area (TPSA) is 45.7 Å². The van der Waals surface area contributed by atoms with Gasteiger partial charge in [0.25, 0.3) is 0 Å². The number of hydrogen-bond donors (Lipinski definition) is 2. The molecule has 2 N–H and O–H groups in total. The van der Waals surface area contributed by atoms with Gasteiger partial charge in [-0.1, -0.05) is 25.1 Å². The van der Waals surface area contributed by atoms with Crippen LogP contribution in [0.2, 0.25) is 0 Å². The molecule has 0 saturated carbocycles. The number of guanidine groups is 1. The van der Waals surface area contributed by atoms with Crippen LogP contribution in [-0.4, -0.2) is 32.7 Å². The van der Waals surface area contributed by atoms with Gasteiger partial charge in [0, 0.05) is 20.1 Å². The largest absolute Gasteiger partial charge is 0.494 e. The monoisotopic (exact) mass is 391 g/mol. The number of aliphatic imine (C=N–C) groups is 1. The van der Waals surface area contributed by atoms with E-state index in [2.05, 4.69) is 28.6 Å². The van der Waals surface area contributed by atoms with Crippen molar-refractivity contribution in [3.8, 4) is 5.75 Å². The van der Waals surface area contributed by atoms with Crippen LogP contribution >= 0.6 is 24.0 Å².